The van der Waals surface area contributed by atoms with Crippen molar-refractivity contribution in [2.24, 2.45) is 0 Å². The highest BCUT2D eigenvalue weighted by atomic mass is 16.7. The third kappa shape index (κ3) is 8.86. The number of esters is 1. The summed E-state index contributed by atoms with van der Waals surface area (Å²) in [5, 5.41) is 2.65. The van der Waals surface area contributed by atoms with Crippen LogP contribution in [0.25, 0.3) is 11.1 Å². The van der Waals surface area contributed by atoms with Gasteiger partial charge in [-0.05, 0) is 40.3 Å². The molecule has 5 atom stereocenters. The van der Waals surface area contributed by atoms with Crippen molar-refractivity contribution in [3.8, 4) is 11.1 Å². The Morgan fingerprint density at radius 1 is 0.800 bits per heavy atom. The Hall–Kier alpha value is -4.80. The number of hydrogen-bond donors (Lipinski definition) is 1. The number of hydrogen-bond acceptors (Lipinski definition) is 8. The van der Waals surface area contributed by atoms with Gasteiger partial charge < -0.3 is 33.7 Å². The summed E-state index contributed by atoms with van der Waals surface area (Å²) in [4.78, 5) is 26.2. The fraction of sp³-hybridized carbons (Fsp3) is 0.317. The summed E-state index contributed by atoms with van der Waals surface area (Å²) in [5.74, 6) is -0.805. The maximum absolute atomic E-state index is 13.1. The largest absolute Gasteiger partial charge is 0.460 e. The molecule has 0 saturated carbocycles. The van der Waals surface area contributed by atoms with Crippen molar-refractivity contribution in [1.29, 1.82) is 0 Å². The van der Waals surface area contributed by atoms with Crippen LogP contribution in [0.1, 0.15) is 41.5 Å². The van der Waals surface area contributed by atoms with Gasteiger partial charge in [0.1, 0.15) is 19.3 Å². The predicted octanol–water partition coefficient (Wildman–Crippen LogP) is 6.95. The zero-order valence-electron chi connectivity index (χ0n) is 28.1. The Balaban J connectivity index is 1.08. The number of amides is 1. The number of alkyl carbamates (subject to hydrolysis) is 1. The van der Waals surface area contributed by atoms with Crippen LogP contribution in [0.15, 0.2) is 122 Å². The van der Waals surface area contributed by atoms with Crippen LogP contribution in [0.3, 0.4) is 0 Å². The Kier molecular flexibility index (Phi) is 12.1. The van der Waals surface area contributed by atoms with Gasteiger partial charge in [-0.2, -0.15) is 0 Å². The van der Waals surface area contributed by atoms with E-state index in [0.717, 1.165) is 33.4 Å². The van der Waals surface area contributed by atoms with Gasteiger partial charge in [-0.25, -0.2) is 9.59 Å². The number of benzene rings is 4. The molecular weight excluding hydrogens is 634 g/mol. The molecule has 1 saturated heterocycles. The number of carbonyl (C=O) groups excluding carboxylic acids is 2. The molecule has 9 nitrogen and oxygen atoms in total. The first kappa shape index (κ1) is 35.0. The van der Waals surface area contributed by atoms with E-state index in [-0.39, 0.29) is 44.1 Å². The molecule has 2 aliphatic rings. The van der Waals surface area contributed by atoms with Gasteiger partial charge >= 0.3 is 12.1 Å². The molecule has 0 unspecified atom stereocenters. The first-order chi connectivity index (χ1) is 24.5. The highest BCUT2D eigenvalue weighted by Crippen LogP contribution is 2.44. The first-order valence-electron chi connectivity index (χ1n) is 17.0. The fourth-order valence-corrected chi connectivity index (χ4v) is 6.45. The van der Waals surface area contributed by atoms with E-state index in [4.69, 9.17) is 28.4 Å². The van der Waals surface area contributed by atoms with E-state index >= 15 is 0 Å². The van der Waals surface area contributed by atoms with Crippen LogP contribution in [0.2, 0.25) is 0 Å². The fourth-order valence-electron chi connectivity index (χ4n) is 6.45. The van der Waals surface area contributed by atoms with Crippen molar-refractivity contribution in [3.63, 3.8) is 0 Å². The van der Waals surface area contributed by atoms with E-state index in [9.17, 15) is 9.59 Å². The van der Waals surface area contributed by atoms with E-state index in [2.05, 4.69) is 24.0 Å². The van der Waals surface area contributed by atoms with Crippen LogP contribution in [0, 0.1) is 0 Å². The summed E-state index contributed by atoms with van der Waals surface area (Å²) in [6.45, 7) is 6.18. The van der Waals surface area contributed by atoms with Gasteiger partial charge in [0.2, 0.25) is 0 Å². The third-order valence-corrected chi connectivity index (χ3v) is 8.92. The zero-order chi connectivity index (χ0) is 34.7. The summed E-state index contributed by atoms with van der Waals surface area (Å²) in [6, 6.07) is 34.9. The van der Waals surface area contributed by atoms with Gasteiger partial charge in [0, 0.05) is 12.3 Å². The lowest BCUT2D eigenvalue weighted by Crippen LogP contribution is -2.52. The summed E-state index contributed by atoms with van der Waals surface area (Å²) in [5.41, 5.74) is 6.49. The van der Waals surface area contributed by atoms with E-state index < -0.39 is 24.4 Å². The predicted molar refractivity (Wildman–Crippen MR) is 188 cm³/mol. The Labute approximate surface area is 293 Å². The maximum Gasteiger partial charge on any atom is 0.407 e. The molecule has 1 N–H and O–H groups in total. The molecule has 1 aliphatic carbocycles. The van der Waals surface area contributed by atoms with Gasteiger partial charge in [-0.1, -0.05) is 122 Å². The van der Waals surface area contributed by atoms with Crippen LogP contribution in [-0.2, 0) is 46.4 Å². The average molecular weight is 678 g/mol. The Morgan fingerprint density at radius 2 is 1.38 bits per heavy atom. The Morgan fingerprint density at radius 3 is 2.00 bits per heavy atom. The summed E-state index contributed by atoms with van der Waals surface area (Å²) < 4.78 is 36.1. The second-order valence-corrected chi connectivity index (χ2v) is 12.4. The molecule has 4 aromatic rings. The van der Waals surface area contributed by atoms with E-state index in [0.29, 0.717) is 19.6 Å². The standard InChI is InChI=1S/C41H43NO8/c1-3-22-45-40(43)36(42-41(44)49-26-35-33-20-12-10-18-31(33)32-19-11-13-21-34(32)35)27-47-38-23-37(46-24-29-14-6-4-7-15-29)39(28(2)50-38)48-25-30-16-8-5-9-17-30/h3-21,28,35-39H,1,22-27H2,2H3,(H,42,44)/t28-,36-,37-,38+,39-/m0/s1. The third-order valence-electron chi connectivity index (χ3n) is 8.92. The molecular formula is C41H43NO8. The minimum Gasteiger partial charge on any atom is -0.460 e. The molecule has 1 amide bonds. The lowest BCUT2D eigenvalue weighted by molar-refractivity contribution is -0.266. The van der Waals surface area contributed by atoms with Gasteiger partial charge in [0.25, 0.3) is 0 Å². The van der Waals surface area contributed by atoms with Crippen LogP contribution < -0.4 is 5.32 Å². The number of rotatable bonds is 15. The van der Waals surface area contributed by atoms with Crippen LogP contribution in [0.5, 0.6) is 0 Å². The smallest absolute Gasteiger partial charge is 0.407 e. The van der Waals surface area contributed by atoms with Gasteiger partial charge in [0.05, 0.1) is 32.0 Å². The second kappa shape index (κ2) is 17.2. The van der Waals surface area contributed by atoms with Crippen LogP contribution in [0.4, 0.5) is 4.79 Å². The quantitative estimate of drug-likeness (QED) is 0.107. The summed E-state index contributed by atoms with van der Waals surface area (Å²) >= 11 is 0. The highest BCUT2D eigenvalue weighted by molar-refractivity contribution is 5.82. The molecule has 1 fully saturated rings. The van der Waals surface area contributed by atoms with Crippen molar-refractivity contribution in [3.05, 3.63) is 144 Å². The van der Waals surface area contributed by atoms with Crippen molar-refractivity contribution >= 4 is 12.1 Å². The molecule has 9 heteroatoms. The van der Waals surface area contributed by atoms with Crippen molar-refractivity contribution in [1.82, 2.24) is 5.32 Å². The summed E-state index contributed by atoms with van der Waals surface area (Å²) in [7, 11) is 0. The molecule has 1 heterocycles. The monoisotopic (exact) mass is 677 g/mol. The lowest BCUT2D eigenvalue weighted by atomic mass is 9.98. The minimum absolute atomic E-state index is 0.0193. The number of carbonyl (C=O) groups is 2. The van der Waals surface area contributed by atoms with Crippen LogP contribution in [-0.4, -0.2) is 62.5 Å². The molecule has 260 valence electrons. The van der Waals surface area contributed by atoms with Crippen molar-refractivity contribution in [2.75, 3.05) is 19.8 Å². The molecule has 50 heavy (non-hydrogen) atoms. The molecule has 4 aromatic carbocycles. The zero-order valence-corrected chi connectivity index (χ0v) is 28.1. The first-order valence-corrected chi connectivity index (χ1v) is 17.0. The number of nitrogens with one attached hydrogen (secondary N) is 1. The second-order valence-electron chi connectivity index (χ2n) is 12.4. The molecule has 0 radical (unpaired) electrons. The van der Waals surface area contributed by atoms with Gasteiger partial charge in [-0.15, -0.1) is 0 Å². The number of ether oxygens (including phenoxy) is 6. The van der Waals surface area contributed by atoms with E-state index in [1.54, 1.807) is 0 Å². The average Bonchev–Trinajstić information content (AvgIpc) is 3.47. The molecule has 0 spiro atoms. The normalized spacial score (nSPS) is 20.3. The highest BCUT2D eigenvalue weighted by Gasteiger charge is 2.39. The van der Waals surface area contributed by atoms with Crippen molar-refractivity contribution < 1.29 is 38.0 Å². The SMILES string of the molecule is C=CCOC(=O)[C@H](CO[C@H]1C[C@H](OCc2ccccc2)[C@@H](OCc2ccccc2)[C@H](C)O1)NC(=O)OCC1c2ccccc2-c2ccccc21. The molecule has 0 bridgehead atoms. The molecule has 6 rings (SSSR count). The lowest BCUT2D eigenvalue weighted by Gasteiger charge is -2.40. The molecule has 1 aliphatic heterocycles. The van der Waals surface area contributed by atoms with Crippen LogP contribution >= 0.6 is 0 Å². The molecule has 0 aromatic heterocycles. The maximum atomic E-state index is 13.1. The topological polar surface area (TPSA) is 102 Å². The minimum atomic E-state index is -1.15. The van der Waals surface area contributed by atoms with Gasteiger partial charge in [-0.3, -0.25) is 0 Å². The summed E-state index contributed by atoms with van der Waals surface area (Å²) in [6.07, 6.45) is -0.816. The van der Waals surface area contributed by atoms with Crippen molar-refractivity contribution in [2.45, 2.75) is 63.1 Å². The Bertz CT molecular complexity index is 1670. The van der Waals surface area contributed by atoms with E-state index in [1.165, 1.54) is 6.08 Å². The van der Waals surface area contributed by atoms with E-state index in [1.807, 2.05) is 104 Å². The van der Waals surface area contributed by atoms with Gasteiger partial charge in [0.15, 0.2) is 12.3 Å². The number of fused-ring (bicyclic) bond motifs is 3.